The number of nitrogens with two attached hydrogens (primary N) is 1. The number of thioether (sulfide) groups is 1. The molecule has 4 nitrogen and oxygen atoms in total. The summed E-state index contributed by atoms with van der Waals surface area (Å²) in [5.74, 6) is -0.0606. The first-order valence-corrected chi connectivity index (χ1v) is 7.45. The maximum absolute atomic E-state index is 12.1. The molecule has 0 unspecified atom stereocenters. The highest BCUT2D eigenvalue weighted by Gasteiger charge is 2.26. The fraction of sp³-hybridized carbons (Fsp3) is 0.615. The van der Waals surface area contributed by atoms with Crippen LogP contribution in [0.3, 0.4) is 0 Å². The molecule has 0 spiro atoms. The van der Waals surface area contributed by atoms with Crippen LogP contribution in [0.15, 0.2) is 12.3 Å². The van der Waals surface area contributed by atoms with E-state index >= 15 is 0 Å². The molecule has 1 amide bonds. The second-order valence-electron chi connectivity index (χ2n) is 4.55. The molecule has 5 heteroatoms. The average molecular weight is 269 g/mol. The van der Waals surface area contributed by atoms with Gasteiger partial charge in [-0.25, -0.2) is 0 Å². The molecule has 0 aliphatic heterocycles. The first-order chi connectivity index (χ1) is 8.48. The Bertz CT molecular complexity index is 402. The Morgan fingerprint density at radius 3 is 2.50 bits per heavy atom. The summed E-state index contributed by atoms with van der Waals surface area (Å²) >= 11 is 1.82. The summed E-state index contributed by atoms with van der Waals surface area (Å²) in [4.78, 5) is 12.1. The molecular weight excluding hydrogens is 246 g/mol. The largest absolute Gasteiger partial charge is 0.397 e. The zero-order valence-corrected chi connectivity index (χ0v) is 12.4. The van der Waals surface area contributed by atoms with Gasteiger partial charge in [0, 0.05) is 24.5 Å². The van der Waals surface area contributed by atoms with Gasteiger partial charge in [0.25, 0.3) is 5.91 Å². The van der Waals surface area contributed by atoms with Crippen molar-refractivity contribution < 1.29 is 4.79 Å². The zero-order valence-electron chi connectivity index (χ0n) is 11.6. The number of nitrogens with zero attached hydrogens (tertiary/aromatic N) is 1. The highest BCUT2D eigenvalue weighted by molar-refractivity contribution is 8.00. The average Bonchev–Trinajstić information content (AvgIpc) is 2.70. The highest BCUT2D eigenvalue weighted by atomic mass is 32.2. The minimum absolute atomic E-state index is 0.0606. The Kier molecular flexibility index (Phi) is 5.14. The van der Waals surface area contributed by atoms with E-state index in [-0.39, 0.29) is 10.7 Å². The van der Waals surface area contributed by atoms with Crippen LogP contribution in [-0.4, -0.2) is 28.0 Å². The standard InChI is InChI=1S/C13H23N3OS/c1-5-13(6-2,18-4)9-15-12(17)11-7-10(14)8-16(11)3/h7-8H,5-6,9,14H2,1-4H3,(H,15,17). The molecule has 0 aliphatic rings. The van der Waals surface area contributed by atoms with E-state index < -0.39 is 0 Å². The second-order valence-corrected chi connectivity index (χ2v) is 5.82. The molecule has 0 bridgehead atoms. The van der Waals surface area contributed by atoms with Crippen LogP contribution in [-0.2, 0) is 7.05 Å². The van der Waals surface area contributed by atoms with Gasteiger partial charge >= 0.3 is 0 Å². The number of hydrogen-bond donors (Lipinski definition) is 2. The van der Waals surface area contributed by atoms with E-state index in [1.54, 1.807) is 16.8 Å². The van der Waals surface area contributed by atoms with Gasteiger partial charge in [0.05, 0.1) is 5.69 Å². The van der Waals surface area contributed by atoms with E-state index in [2.05, 4.69) is 25.4 Å². The third-order valence-electron chi connectivity index (χ3n) is 3.55. The van der Waals surface area contributed by atoms with Crippen LogP contribution in [0.4, 0.5) is 5.69 Å². The molecule has 0 aromatic carbocycles. The van der Waals surface area contributed by atoms with Gasteiger partial charge in [-0.3, -0.25) is 4.79 Å². The second kappa shape index (κ2) is 6.18. The molecule has 1 aromatic heterocycles. The van der Waals surface area contributed by atoms with Crippen molar-refractivity contribution in [2.75, 3.05) is 18.5 Å². The summed E-state index contributed by atoms with van der Waals surface area (Å²) in [5.41, 5.74) is 6.89. The van der Waals surface area contributed by atoms with Gasteiger partial charge in [0.15, 0.2) is 0 Å². The van der Waals surface area contributed by atoms with Crippen LogP contribution in [0.5, 0.6) is 0 Å². The quantitative estimate of drug-likeness (QED) is 0.833. The lowest BCUT2D eigenvalue weighted by molar-refractivity contribution is 0.0941. The molecule has 0 saturated carbocycles. The summed E-state index contributed by atoms with van der Waals surface area (Å²) in [5, 5.41) is 3.01. The fourth-order valence-corrected chi connectivity index (χ4v) is 2.80. The maximum Gasteiger partial charge on any atom is 0.268 e. The van der Waals surface area contributed by atoms with E-state index in [0.29, 0.717) is 17.9 Å². The SMILES string of the molecule is CCC(CC)(CNC(=O)c1cc(N)cn1C)SC. The molecule has 102 valence electrons. The van der Waals surface area contributed by atoms with Gasteiger partial charge in [-0.2, -0.15) is 11.8 Å². The van der Waals surface area contributed by atoms with Gasteiger partial charge < -0.3 is 15.6 Å². The number of aromatic nitrogens is 1. The Morgan fingerprint density at radius 2 is 2.11 bits per heavy atom. The van der Waals surface area contributed by atoms with E-state index in [9.17, 15) is 4.79 Å². The smallest absolute Gasteiger partial charge is 0.268 e. The molecule has 3 N–H and O–H groups in total. The van der Waals surface area contributed by atoms with Gasteiger partial charge in [0.2, 0.25) is 0 Å². The lowest BCUT2D eigenvalue weighted by Crippen LogP contribution is -2.40. The third-order valence-corrected chi connectivity index (χ3v) is 5.14. The number of carbonyl (C=O) groups excluding carboxylic acids is 1. The number of anilines is 1. The van der Waals surface area contributed by atoms with Crippen molar-refractivity contribution in [1.29, 1.82) is 0 Å². The number of amides is 1. The summed E-state index contributed by atoms with van der Waals surface area (Å²) in [6, 6.07) is 1.70. The summed E-state index contributed by atoms with van der Waals surface area (Å²) < 4.78 is 1.88. The van der Waals surface area contributed by atoms with E-state index in [0.717, 1.165) is 12.8 Å². The minimum atomic E-state index is -0.0606. The molecule has 0 saturated heterocycles. The Labute approximate surface area is 113 Å². The summed E-state index contributed by atoms with van der Waals surface area (Å²) in [6.07, 6.45) is 5.93. The summed E-state index contributed by atoms with van der Waals surface area (Å²) in [6.45, 7) is 5.00. The monoisotopic (exact) mass is 269 g/mol. The van der Waals surface area contributed by atoms with E-state index in [1.807, 2.05) is 18.8 Å². The number of rotatable bonds is 6. The van der Waals surface area contributed by atoms with Crippen molar-refractivity contribution in [3.05, 3.63) is 18.0 Å². The minimum Gasteiger partial charge on any atom is -0.397 e. The van der Waals surface area contributed by atoms with Gasteiger partial charge in [0.1, 0.15) is 5.69 Å². The topological polar surface area (TPSA) is 60.1 Å². The maximum atomic E-state index is 12.1. The van der Waals surface area contributed by atoms with Crippen molar-refractivity contribution in [1.82, 2.24) is 9.88 Å². The summed E-state index contributed by atoms with van der Waals surface area (Å²) in [7, 11) is 1.83. The number of carbonyl (C=O) groups is 1. The van der Waals surface area contributed by atoms with Crippen LogP contribution in [0, 0.1) is 0 Å². The fourth-order valence-electron chi connectivity index (χ4n) is 2.01. The predicted octanol–water partition coefficient (Wildman–Crippen LogP) is 2.26. The molecule has 1 heterocycles. The molecule has 0 aliphatic carbocycles. The first-order valence-electron chi connectivity index (χ1n) is 6.23. The number of aryl methyl sites for hydroxylation is 1. The third kappa shape index (κ3) is 3.22. The Morgan fingerprint density at radius 1 is 1.50 bits per heavy atom. The van der Waals surface area contributed by atoms with Crippen LogP contribution >= 0.6 is 11.8 Å². The van der Waals surface area contributed by atoms with Crippen molar-refractivity contribution in [2.24, 2.45) is 7.05 Å². The van der Waals surface area contributed by atoms with E-state index in [1.165, 1.54) is 0 Å². The van der Waals surface area contributed by atoms with Gasteiger partial charge in [-0.1, -0.05) is 13.8 Å². The normalized spacial score (nSPS) is 11.6. The Balaban J connectivity index is 2.69. The molecule has 1 aromatic rings. The number of nitrogen functional groups attached to an aromatic ring is 1. The highest BCUT2D eigenvalue weighted by Crippen LogP contribution is 2.29. The first kappa shape index (κ1) is 15.0. The lowest BCUT2D eigenvalue weighted by atomic mass is 10.0. The van der Waals surface area contributed by atoms with Gasteiger partial charge in [-0.05, 0) is 25.2 Å². The number of nitrogens with one attached hydrogen (secondary N) is 1. The van der Waals surface area contributed by atoms with Crippen molar-refractivity contribution in [2.45, 2.75) is 31.4 Å². The van der Waals surface area contributed by atoms with Gasteiger partial charge in [-0.15, -0.1) is 0 Å². The molecule has 1 rings (SSSR count). The van der Waals surface area contributed by atoms with Crippen LogP contribution in [0.1, 0.15) is 37.2 Å². The van der Waals surface area contributed by atoms with Crippen molar-refractivity contribution >= 4 is 23.4 Å². The molecular formula is C13H23N3OS. The molecule has 0 atom stereocenters. The molecule has 0 radical (unpaired) electrons. The molecule has 18 heavy (non-hydrogen) atoms. The van der Waals surface area contributed by atoms with Crippen LogP contribution < -0.4 is 11.1 Å². The Hall–Kier alpha value is -1.10. The lowest BCUT2D eigenvalue weighted by Gasteiger charge is -2.29. The zero-order chi connectivity index (χ0) is 13.8. The predicted molar refractivity (Wildman–Crippen MR) is 79.0 cm³/mol. The number of hydrogen-bond acceptors (Lipinski definition) is 3. The molecule has 0 fully saturated rings. The van der Waals surface area contributed by atoms with Crippen molar-refractivity contribution in [3.8, 4) is 0 Å². The van der Waals surface area contributed by atoms with E-state index in [4.69, 9.17) is 5.73 Å². The van der Waals surface area contributed by atoms with Crippen molar-refractivity contribution in [3.63, 3.8) is 0 Å². The van der Waals surface area contributed by atoms with Crippen LogP contribution in [0.25, 0.3) is 0 Å². The van der Waals surface area contributed by atoms with Crippen LogP contribution in [0.2, 0.25) is 0 Å².